The van der Waals surface area contributed by atoms with Gasteiger partial charge in [0.2, 0.25) is 0 Å². The first-order chi connectivity index (χ1) is 13.2. The summed E-state index contributed by atoms with van der Waals surface area (Å²) in [6.07, 6.45) is 6.58. The van der Waals surface area contributed by atoms with Crippen LogP contribution in [0.25, 0.3) is 11.4 Å². The normalized spacial score (nSPS) is 13.6. The minimum atomic E-state index is -0.295. The molecule has 2 aromatic heterocycles. The SMILES string of the molecule is C=CCn1c(SCc2c(F)cccc2Cl)nnc1-c1csc2c1CCCC2. The quantitative estimate of drug-likeness (QED) is 0.354. The Bertz CT molecular complexity index is 960. The lowest BCUT2D eigenvalue weighted by Crippen LogP contribution is -2.04. The number of aryl methyl sites for hydroxylation is 1. The lowest BCUT2D eigenvalue weighted by molar-refractivity contribution is 0.617. The van der Waals surface area contributed by atoms with Gasteiger partial charge < -0.3 is 0 Å². The highest BCUT2D eigenvalue weighted by molar-refractivity contribution is 7.98. The zero-order valence-electron chi connectivity index (χ0n) is 14.8. The summed E-state index contributed by atoms with van der Waals surface area (Å²) in [5, 5.41) is 12.2. The van der Waals surface area contributed by atoms with E-state index in [2.05, 4.69) is 26.7 Å². The van der Waals surface area contributed by atoms with Crippen LogP contribution in [0.2, 0.25) is 5.02 Å². The second kappa shape index (κ2) is 8.17. The number of allylic oxidation sites excluding steroid dienone is 1. The molecule has 0 radical (unpaired) electrons. The molecule has 140 valence electrons. The molecule has 2 heterocycles. The molecule has 7 heteroatoms. The number of rotatable bonds is 6. The predicted octanol–water partition coefficient (Wildman–Crippen LogP) is 6.16. The number of hydrogen-bond acceptors (Lipinski definition) is 4. The largest absolute Gasteiger partial charge is 0.298 e. The molecule has 3 nitrogen and oxygen atoms in total. The highest BCUT2D eigenvalue weighted by Crippen LogP contribution is 2.37. The van der Waals surface area contributed by atoms with Crippen molar-refractivity contribution in [2.75, 3.05) is 0 Å². The molecule has 27 heavy (non-hydrogen) atoms. The Morgan fingerprint density at radius 1 is 1.30 bits per heavy atom. The lowest BCUT2D eigenvalue weighted by atomic mass is 9.95. The molecule has 1 aliphatic rings. The van der Waals surface area contributed by atoms with Gasteiger partial charge in [-0.15, -0.1) is 28.1 Å². The highest BCUT2D eigenvalue weighted by atomic mass is 35.5. The van der Waals surface area contributed by atoms with Crippen LogP contribution in [0.15, 0.2) is 41.4 Å². The summed E-state index contributed by atoms with van der Waals surface area (Å²) in [5.41, 5.74) is 3.09. The number of benzene rings is 1. The van der Waals surface area contributed by atoms with E-state index < -0.39 is 0 Å². The van der Waals surface area contributed by atoms with E-state index in [1.807, 2.05) is 17.4 Å². The van der Waals surface area contributed by atoms with Crippen LogP contribution < -0.4 is 0 Å². The Morgan fingerprint density at radius 3 is 2.96 bits per heavy atom. The number of hydrogen-bond donors (Lipinski definition) is 0. The Morgan fingerprint density at radius 2 is 2.15 bits per heavy atom. The van der Waals surface area contributed by atoms with Gasteiger partial charge in [0.05, 0.1) is 0 Å². The zero-order chi connectivity index (χ0) is 18.8. The number of thiophene rings is 1. The lowest BCUT2D eigenvalue weighted by Gasteiger charge is -2.13. The van der Waals surface area contributed by atoms with Crippen molar-refractivity contribution >= 4 is 34.7 Å². The number of halogens is 2. The maximum absolute atomic E-state index is 14.1. The molecule has 0 unspecified atom stereocenters. The molecule has 0 saturated carbocycles. The van der Waals surface area contributed by atoms with Crippen molar-refractivity contribution in [1.29, 1.82) is 0 Å². The fourth-order valence-corrected chi connectivity index (χ4v) is 5.79. The number of aromatic nitrogens is 3. The summed E-state index contributed by atoms with van der Waals surface area (Å²) >= 11 is 9.41. The van der Waals surface area contributed by atoms with Gasteiger partial charge in [-0.1, -0.05) is 35.5 Å². The summed E-state index contributed by atoms with van der Waals surface area (Å²) in [5.74, 6) is 0.982. The van der Waals surface area contributed by atoms with Gasteiger partial charge in [-0.05, 0) is 43.4 Å². The fourth-order valence-electron chi connectivity index (χ4n) is 3.38. The van der Waals surface area contributed by atoms with E-state index in [4.69, 9.17) is 11.6 Å². The molecule has 0 aliphatic heterocycles. The van der Waals surface area contributed by atoms with Crippen molar-refractivity contribution in [2.24, 2.45) is 0 Å². The van der Waals surface area contributed by atoms with Gasteiger partial charge in [-0.25, -0.2) is 4.39 Å². The molecule has 0 spiro atoms. The second-order valence-corrected chi connectivity index (χ2v) is 8.77. The molecular formula is C20H19ClFN3S2. The van der Waals surface area contributed by atoms with Gasteiger partial charge in [-0.2, -0.15) is 0 Å². The fraction of sp³-hybridized carbons (Fsp3) is 0.300. The third-order valence-electron chi connectivity index (χ3n) is 4.74. The van der Waals surface area contributed by atoms with Crippen LogP contribution in [0, 0.1) is 5.82 Å². The van der Waals surface area contributed by atoms with Crippen LogP contribution in [0.5, 0.6) is 0 Å². The van der Waals surface area contributed by atoms with E-state index in [-0.39, 0.29) is 5.82 Å². The first-order valence-corrected chi connectivity index (χ1v) is 11.1. The van der Waals surface area contributed by atoms with E-state index in [9.17, 15) is 4.39 Å². The Balaban J connectivity index is 1.65. The molecule has 0 N–H and O–H groups in total. The smallest absolute Gasteiger partial charge is 0.192 e. The van der Waals surface area contributed by atoms with Gasteiger partial charge in [-0.3, -0.25) is 4.57 Å². The van der Waals surface area contributed by atoms with Gasteiger partial charge in [0.25, 0.3) is 0 Å². The minimum absolute atomic E-state index is 0.295. The van der Waals surface area contributed by atoms with E-state index in [0.717, 1.165) is 23.8 Å². The molecule has 0 bridgehead atoms. The summed E-state index contributed by atoms with van der Waals surface area (Å²) in [6, 6.07) is 4.75. The topological polar surface area (TPSA) is 30.7 Å². The van der Waals surface area contributed by atoms with E-state index in [1.165, 1.54) is 46.7 Å². The molecule has 0 atom stereocenters. The summed E-state index contributed by atoms with van der Waals surface area (Å²) in [4.78, 5) is 1.47. The van der Waals surface area contributed by atoms with Crippen LogP contribution >= 0.6 is 34.7 Å². The van der Waals surface area contributed by atoms with Crippen LogP contribution in [0.3, 0.4) is 0 Å². The number of nitrogens with zero attached hydrogens (tertiary/aromatic N) is 3. The van der Waals surface area contributed by atoms with Crippen LogP contribution in [0.1, 0.15) is 28.8 Å². The van der Waals surface area contributed by atoms with Gasteiger partial charge in [0.1, 0.15) is 5.82 Å². The van der Waals surface area contributed by atoms with Crippen LogP contribution in [0.4, 0.5) is 4.39 Å². The van der Waals surface area contributed by atoms with Gasteiger partial charge in [0.15, 0.2) is 11.0 Å². The second-order valence-electron chi connectivity index (χ2n) is 6.45. The van der Waals surface area contributed by atoms with Crippen molar-refractivity contribution in [1.82, 2.24) is 14.8 Å². The first kappa shape index (κ1) is 18.7. The molecule has 4 rings (SSSR count). The first-order valence-electron chi connectivity index (χ1n) is 8.88. The van der Waals surface area contributed by atoms with Crippen molar-refractivity contribution in [3.8, 4) is 11.4 Å². The third-order valence-corrected chi connectivity index (χ3v) is 7.17. The standard InChI is InChI=1S/C20H19ClFN3S2/c1-2-10-25-19(14-11-26-18-9-4-3-6-13(14)18)23-24-20(25)27-12-15-16(21)7-5-8-17(15)22/h2,5,7-8,11H,1,3-4,6,9-10,12H2. The predicted molar refractivity (Wildman–Crippen MR) is 111 cm³/mol. The molecule has 3 aromatic rings. The molecule has 1 aliphatic carbocycles. The monoisotopic (exact) mass is 419 g/mol. The zero-order valence-corrected chi connectivity index (χ0v) is 17.1. The van der Waals surface area contributed by atoms with Crippen LogP contribution in [-0.4, -0.2) is 14.8 Å². The van der Waals surface area contributed by atoms with Crippen LogP contribution in [-0.2, 0) is 25.1 Å². The van der Waals surface area contributed by atoms with Crippen molar-refractivity contribution < 1.29 is 4.39 Å². The van der Waals surface area contributed by atoms with Crippen molar-refractivity contribution in [3.63, 3.8) is 0 Å². The average Bonchev–Trinajstić information content (AvgIpc) is 3.26. The summed E-state index contributed by atoms with van der Waals surface area (Å²) in [7, 11) is 0. The maximum Gasteiger partial charge on any atom is 0.192 e. The average molecular weight is 420 g/mol. The molecule has 0 amide bonds. The molecule has 0 saturated heterocycles. The third kappa shape index (κ3) is 3.71. The van der Waals surface area contributed by atoms with E-state index in [0.29, 0.717) is 22.9 Å². The minimum Gasteiger partial charge on any atom is -0.298 e. The Hall–Kier alpha value is -1.63. The molecular weight excluding hydrogens is 401 g/mol. The molecule has 1 aromatic carbocycles. The summed E-state index contributed by atoms with van der Waals surface area (Å²) in [6.45, 7) is 4.48. The van der Waals surface area contributed by atoms with E-state index in [1.54, 1.807) is 12.1 Å². The number of fused-ring (bicyclic) bond motifs is 1. The Labute approximate surface area is 171 Å². The Kier molecular flexibility index (Phi) is 5.66. The molecule has 0 fully saturated rings. The van der Waals surface area contributed by atoms with Crippen molar-refractivity contribution in [3.05, 3.63) is 63.1 Å². The highest BCUT2D eigenvalue weighted by Gasteiger charge is 2.22. The van der Waals surface area contributed by atoms with Gasteiger partial charge in [0, 0.05) is 38.7 Å². The van der Waals surface area contributed by atoms with Gasteiger partial charge >= 0.3 is 0 Å². The maximum atomic E-state index is 14.1. The summed E-state index contributed by atoms with van der Waals surface area (Å²) < 4.78 is 16.1. The van der Waals surface area contributed by atoms with E-state index >= 15 is 0 Å². The van der Waals surface area contributed by atoms with Crippen molar-refractivity contribution in [2.45, 2.75) is 43.1 Å². The number of thioether (sulfide) groups is 1.